The van der Waals surface area contributed by atoms with Crippen molar-refractivity contribution >= 4 is 0 Å². The number of hydrogen-bond donors (Lipinski definition) is 1. The number of aliphatic hydroxyl groups is 1. The molecule has 1 aliphatic rings. The number of para-hydroxylation sites is 1. The highest BCUT2D eigenvalue weighted by Crippen LogP contribution is 2.23. The first-order chi connectivity index (χ1) is 9.20. The minimum Gasteiger partial charge on any atom is -0.496 e. The van der Waals surface area contributed by atoms with Gasteiger partial charge in [-0.1, -0.05) is 18.2 Å². The van der Waals surface area contributed by atoms with E-state index >= 15 is 0 Å². The lowest BCUT2D eigenvalue weighted by Crippen LogP contribution is -2.37. The molecule has 2 rings (SSSR count). The van der Waals surface area contributed by atoms with E-state index in [9.17, 15) is 5.11 Å². The van der Waals surface area contributed by atoms with Gasteiger partial charge in [0, 0.05) is 12.6 Å². The van der Waals surface area contributed by atoms with Gasteiger partial charge in [-0.15, -0.1) is 0 Å². The van der Waals surface area contributed by atoms with Crippen LogP contribution in [0.2, 0.25) is 0 Å². The van der Waals surface area contributed by atoms with Gasteiger partial charge in [0.05, 0.1) is 13.2 Å². The molecule has 0 atom stereocenters. The van der Waals surface area contributed by atoms with Crippen molar-refractivity contribution in [2.45, 2.75) is 44.2 Å². The number of methoxy groups -OCH3 is 1. The zero-order chi connectivity index (χ0) is 13.7. The van der Waals surface area contributed by atoms with Crippen LogP contribution in [0.4, 0.5) is 0 Å². The van der Waals surface area contributed by atoms with E-state index < -0.39 is 0 Å². The van der Waals surface area contributed by atoms with E-state index in [2.05, 4.69) is 24.1 Å². The van der Waals surface area contributed by atoms with Crippen molar-refractivity contribution in [1.82, 2.24) is 4.90 Å². The molecule has 0 aliphatic heterocycles. The SMILES string of the molecule is COc1ccccc1CCN(C)C1CCC(O)CC1. The summed E-state index contributed by atoms with van der Waals surface area (Å²) in [5.74, 6) is 0.981. The van der Waals surface area contributed by atoms with Crippen LogP contribution in [0.1, 0.15) is 31.2 Å². The Balaban J connectivity index is 1.84. The highest BCUT2D eigenvalue weighted by Gasteiger charge is 2.22. The van der Waals surface area contributed by atoms with Crippen LogP contribution < -0.4 is 4.74 Å². The van der Waals surface area contributed by atoms with E-state index in [1.54, 1.807) is 7.11 Å². The summed E-state index contributed by atoms with van der Waals surface area (Å²) < 4.78 is 5.39. The van der Waals surface area contributed by atoms with Gasteiger partial charge in [0.25, 0.3) is 0 Å². The largest absolute Gasteiger partial charge is 0.496 e. The Kier molecular flexibility index (Phi) is 5.23. The maximum absolute atomic E-state index is 9.55. The third-order valence-corrected chi connectivity index (χ3v) is 4.22. The van der Waals surface area contributed by atoms with Gasteiger partial charge in [-0.05, 0) is 50.8 Å². The molecular weight excluding hydrogens is 238 g/mol. The summed E-state index contributed by atoms with van der Waals surface area (Å²) in [5.41, 5.74) is 1.27. The van der Waals surface area contributed by atoms with E-state index in [1.165, 1.54) is 5.56 Å². The number of ether oxygens (including phenoxy) is 1. The first kappa shape index (κ1) is 14.4. The number of aliphatic hydroxyl groups excluding tert-OH is 1. The Morgan fingerprint density at radius 1 is 1.21 bits per heavy atom. The summed E-state index contributed by atoms with van der Waals surface area (Å²) in [7, 11) is 3.92. The van der Waals surface area contributed by atoms with Gasteiger partial charge in [0.1, 0.15) is 5.75 Å². The third kappa shape index (κ3) is 3.95. The van der Waals surface area contributed by atoms with Crippen molar-refractivity contribution in [1.29, 1.82) is 0 Å². The van der Waals surface area contributed by atoms with E-state index in [-0.39, 0.29) is 6.10 Å². The number of hydrogen-bond acceptors (Lipinski definition) is 3. The van der Waals surface area contributed by atoms with Gasteiger partial charge < -0.3 is 14.7 Å². The zero-order valence-electron chi connectivity index (χ0n) is 12.0. The zero-order valence-corrected chi connectivity index (χ0v) is 12.0. The van der Waals surface area contributed by atoms with Crippen molar-refractivity contribution in [2.75, 3.05) is 20.7 Å². The van der Waals surface area contributed by atoms with Crippen LogP contribution in [0.15, 0.2) is 24.3 Å². The molecular formula is C16H25NO2. The topological polar surface area (TPSA) is 32.7 Å². The summed E-state index contributed by atoms with van der Waals surface area (Å²) in [6.07, 6.45) is 5.07. The van der Waals surface area contributed by atoms with Gasteiger partial charge in [0.2, 0.25) is 0 Å². The summed E-state index contributed by atoms with van der Waals surface area (Å²) >= 11 is 0. The molecule has 0 heterocycles. The van der Waals surface area contributed by atoms with Crippen LogP contribution >= 0.6 is 0 Å². The highest BCUT2D eigenvalue weighted by atomic mass is 16.5. The summed E-state index contributed by atoms with van der Waals surface area (Å²) in [4.78, 5) is 2.43. The Labute approximate surface area is 116 Å². The molecule has 106 valence electrons. The van der Waals surface area contributed by atoms with Crippen molar-refractivity contribution < 1.29 is 9.84 Å². The molecule has 1 fully saturated rings. The molecule has 3 heteroatoms. The van der Waals surface area contributed by atoms with Gasteiger partial charge >= 0.3 is 0 Å². The molecule has 0 bridgehead atoms. The van der Waals surface area contributed by atoms with E-state index in [4.69, 9.17) is 4.74 Å². The molecule has 1 saturated carbocycles. The predicted octanol–water partition coefficient (Wildman–Crippen LogP) is 2.47. The Morgan fingerprint density at radius 2 is 1.89 bits per heavy atom. The molecule has 0 radical (unpaired) electrons. The minimum atomic E-state index is -0.0705. The average Bonchev–Trinajstić information content (AvgIpc) is 2.45. The average molecular weight is 263 g/mol. The van der Waals surface area contributed by atoms with Crippen LogP contribution in [0, 0.1) is 0 Å². The molecule has 0 aromatic heterocycles. The fraction of sp³-hybridized carbons (Fsp3) is 0.625. The number of nitrogens with zero attached hydrogens (tertiary/aromatic N) is 1. The maximum atomic E-state index is 9.55. The first-order valence-corrected chi connectivity index (χ1v) is 7.21. The normalized spacial score (nSPS) is 23.6. The Bertz CT molecular complexity index is 386. The molecule has 0 spiro atoms. The van der Waals surface area contributed by atoms with Crippen LogP contribution in [0.3, 0.4) is 0 Å². The molecule has 0 saturated heterocycles. The fourth-order valence-corrected chi connectivity index (χ4v) is 2.89. The molecule has 0 amide bonds. The van der Waals surface area contributed by atoms with Crippen molar-refractivity contribution in [3.05, 3.63) is 29.8 Å². The smallest absolute Gasteiger partial charge is 0.122 e. The molecule has 1 aromatic rings. The van der Waals surface area contributed by atoms with Crippen LogP contribution in [0.25, 0.3) is 0 Å². The van der Waals surface area contributed by atoms with E-state index in [0.717, 1.165) is 44.4 Å². The summed E-state index contributed by atoms with van der Waals surface area (Å²) in [5, 5.41) is 9.55. The number of rotatable bonds is 5. The van der Waals surface area contributed by atoms with E-state index in [1.807, 2.05) is 12.1 Å². The van der Waals surface area contributed by atoms with E-state index in [0.29, 0.717) is 6.04 Å². The number of likely N-dealkylation sites (N-methyl/N-ethyl adjacent to an activating group) is 1. The lowest BCUT2D eigenvalue weighted by atomic mass is 9.92. The standard InChI is InChI=1S/C16H25NO2/c1-17(14-7-9-15(18)10-8-14)12-11-13-5-3-4-6-16(13)19-2/h3-6,14-15,18H,7-12H2,1-2H3. The molecule has 3 nitrogen and oxygen atoms in total. The lowest BCUT2D eigenvalue weighted by molar-refractivity contribution is 0.0846. The minimum absolute atomic E-state index is 0.0705. The van der Waals surface area contributed by atoms with Crippen molar-refractivity contribution in [3.8, 4) is 5.75 Å². The van der Waals surface area contributed by atoms with Crippen LogP contribution in [-0.2, 0) is 6.42 Å². The second-order valence-electron chi connectivity index (χ2n) is 5.50. The fourth-order valence-electron chi connectivity index (χ4n) is 2.89. The molecule has 1 N–H and O–H groups in total. The van der Waals surface area contributed by atoms with Crippen LogP contribution in [-0.4, -0.2) is 42.9 Å². The summed E-state index contributed by atoms with van der Waals surface area (Å²) in [6, 6.07) is 8.85. The van der Waals surface area contributed by atoms with Gasteiger partial charge in [-0.2, -0.15) is 0 Å². The quantitative estimate of drug-likeness (QED) is 0.886. The van der Waals surface area contributed by atoms with Gasteiger partial charge in [0.15, 0.2) is 0 Å². The predicted molar refractivity (Wildman–Crippen MR) is 77.6 cm³/mol. The number of benzene rings is 1. The lowest BCUT2D eigenvalue weighted by Gasteiger charge is -2.33. The summed E-state index contributed by atoms with van der Waals surface area (Å²) in [6.45, 7) is 1.04. The monoisotopic (exact) mass is 263 g/mol. The molecule has 19 heavy (non-hydrogen) atoms. The Hall–Kier alpha value is -1.06. The maximum Gasteiger partial charge on any atom is 0.122 e. The Morgan fingerprint density at radius 3 is 2.58 bits per heavy atom. The van der Waals surface area contributed by atoms with Crippen molar-refractivity contribution in [2.24, 2.45) is 0 Å². The molecule has 1 aliphatic carbocycles. The first-order valence-electron chi connectivity index (χ1n) is 7.21. The van der Waals surface area contributed by atoms with Crippen molar-refractivity contribution in [3.63, 3.8) is 0 Å². The third-order valence-electron chi connectivity index (χ3n) is 4.22. The van der Waals surface area contributed by atoms with Gasteiger partial charge in [-0.3, -0.25) is 0 Å². The molecule has 0 unspecified atom stereocenters. The second kappa shape index (κ2) is 6.92. The molecule has 1 aromatic carbocycles. The van der Waals surface area contributed by atoms with Gasteiger partial charge in [-0.25, -0.2) is 0 Å². The highest BCUT2D eigenvalue weighted by molar-refractivity contribution is 5.33. The second-order valence-corrected chi connectivity index (χ2v) is 5.50. The van der Waals surface area contributed by atoms with Crippen LogP contribution in [0.5, 0.6) is 5.75 Å².